The van der Waals surface area contributed by atoms with Crippen LogP contribution < -0.4 is 11.1 Å². The lowest BCUT2D eigenvalue weighted by Gasteiger charge is -2.08. The Kier molecular flexibility index (Phi) is 5.91. The van der Waals surface area contributed by atoms with Crippen molar-refractivity contribution in [1.82, 2.24) is 0 Å². The van der Waals surface area contributed by atoms with Crippen LogP contribution in [0.15, 0.2) is 53.4 Å². The molecule has 2 rings (SSSR count). The summed E-state index contributed by atoms with van der Waals surface area (Å²) < 4.78 is 0. The number of nitro groups is 1. The van der Waals surface area contributed by atoms with Gasteiger partial charge in [-0.05, 0) is 24.3 Å². The number of nitro benzene ring substituents is 1. The van der Waals surface area contributed by atoms with Gasteiger partial charge in [-0.1, -0.05) is 12.1 Å². The molecule has 2 aromatic carbocycles. The van der Waals surface area contributed by atoms with E-state index in [1.807, 2.05) is 0 Å². The van der Waals surface area contributed by atoms with Crippen LogP contribution >= 0.6 is 11.8 Å². The van der Waals surface area contributed by atoms with Gasteiger partial charge in [-0.2, -0.15) is 0 Å². The molecule has 0 aliphatic rings. The molecule has 8 heteroatoms. The third kappa shape index (κ3) is 4.82. The van der Waals surface area contributed by atoms with Crippen LogP contribution in [0.1, 0.15) is 16.8 Å². The predicted molar refractivity (Wildman–Crippen MR) is 92.0 cm³/mol. The maximum Gasteiger partial charge on any atom is 0.269 e. The van der Waals surface area contributed by atoms with Crippen molar-refractivity contribution in [2.45, 2.75) is 11.3 Å². The van der Waals surface area contributed by atoms with Crippen LogP contribution in [0.5, 0.6) is 0 Å². The van der Waals surface area contributed by atoms with E-state index < -0.39 is 10.8 Å². The molecule has 0 saturated heterocycles. The molecule has 0 aliphatic heterocycles. The molecule has 0 bridgehead atoms. The summed E-state index contributed by atoms with van der Waals surface area (Å²) in [6.07, 6.45) is 0.231. The van der Waals surface area contributed by atoms with Crippen molar-refractivity contribution in [1.29, 1.82) is 0 Å². The number of anilines is 1. The first-order chi connectivity index (χ1) is 11.5. The van der Waals surface area contributed by atoms with Crippen LogP contribution in [0.4, 0.5) is 11.4 Å². The van der Waals surface area contributed by atoms with Crippen molar-refractivity contribution in [2.24, 2.45) is 5.73 Å². The molecule has 0 aliphatic carbocycles. The van der Waals surface area contributed by atoms with Crippen LogP contribution in [0.3, 0.4) is 0 Å². The van der Waals surface area contributed by atoms with Gasteiger partial charge < -0.3 is 11.1 Å². The second-order valence-electron chi connectivity index (χ2n) is 4.81. The fraction of sp³-hybridized carbons (Fsp3) is 0.125. The molecule has 7 nitrogen and oxygen atoms in total. The second-order valence-corrected chi connectivity index (χ2v) is 5.98. The molecular weight excluding hydrogens is 330 g/mol. The van der Waals surface area contributed by atoms with Crippen LogP contribution in [-0.4, -0.2) is 22.5 Å². The first-order valence-electron chi connectivity index (χ1n) is 7.03. The third-order valence-electron chi connectivity index (χ3n) is 3.11. The molecule has 3 N–H and O–H groups in total. The highest BCUT2D eigenvalue weighted by atomic mass is 32.2. The molecule has 0 unspecified atom stereocenters. The fourth-order valence-corrected chi connectivity index (χ4v) is 2.80. The summed E-state index contributed by atoms with van der Waals surface area (Å²) in [6.45, 7) is 0. The summed E-state index contributed by atoms with van der Waals surface area (Å²) in [7, 11) is 0. The van der Waals surface area contributed by atoms with Gasteiger partial charge in [0.1, 0.15) is 0 Å². The molecule has 0 aromatic heterocycles. The summed E-state index contributed by atoms with van der Waals surface area (Å²) in [4.78, 5) is 34.2. The van der Waals surface area contributed by atoms with Crippen molar-refractivity contribution in [3.05, 3.63) is 64.2 Å². The van der Waals surface area contributed by atoms with E-state index in [-0.39, 0.29) is 23.6 Å². The Bertz CT molecular complexity index is 762. The maximum absolute atomic E-state index is 12.0. The molecule has 0 spiro atoms. The van der Waals surface area contributed by atoms with Gasteiger partial charge in [0, 0.05) is 29.2 Å². The summed E-state index contributed by atoms with van der Waals surface area (Å²) in [6, 6.07) is 12.7. The molecule has 2 amide bonds. The molecule has 0 saturated carbocycles. The molecule has 0 heterocycles. The molecule has 124 valence electrons. The average Bonchev–Trinajstić information content (AvgIpc) is 2.55. The molecule has 0 atom stereocenters. The van der Waals surface area contributed by atoms with Crippen molar-refractivity contribution < 1.29 is 14.5 Å². The van der Waals surface area contributed by atoms with Crippen molar-refractivity contribution in [3.63, 3.8) is 0 Å². The number of rotatable bonds is 7. The monoisotopic (exact) mass is 345 g/mol. The summed E-state index contributed by atoms with van der Waals surface area (Å²) in [5.74, 6) is -0.341. The molecule has 24 heavy (non-hydrogen) atoms. The van der Waals surface area contributed by atoms with Crippen LogP contribution in [-0.2, 0) is 4.79 Å². The van der Waals surface area contributed by atoms with Crippen LogP contribution in [0.25, 0.3) is 0 Å². The number of hydrogen-bond donors (Lipinski definition) is 2. The number of non-ortho nitro benzene ring substituents is 1. The highest BCUT2D eigenvalue weighted by molar-refractivity contribution is 7.99. The number of nitrogens with one attached hydrogen (secondary N) is 1. The lowest BCUT2D eigenvalue weighted by Crippen LogP contribution is -2.18. The Morgan fingerprint density at radius 1 is 1.12 bits per heavy atom. The van der Waals surface area contributed by atoms with E-state index in [9.17, 15) is 19.7 Å². The van der Waals surface area contributed by atoms with E-state index in [1.54, 1.807) is 36.4 Å². The molecule has 2 aromatic rings. The van der Waals surface area contributed by atoms with Gasteiger partial charge in [-0.25, -0.2) is 0 Å². The van der Waals surface area contributed by atoms with E-state index in [4.69, 9.17) is 5.73 Å². The van der Waals surface area contributed by atoms with Gasteiger partial charge in [0.05, 0.1) is 16.2 Å². The summed E-state index contributed by atoms with van der Waals surface area (Å²) in [5, 5.41) is 13.2. The van der Waals surface area contributed by atoms with Crippen LogP contribution in [0, 0.1) is 10.1 Å². The molecule has 0 fully saturated rings. The summed E-state index contributed by atoms with van der Waals surface area (Å²) >= 11 is 1.42. The zero-order chi connectivity index (χ0) is 17.5. The minimum absolute atomic E-state index is 0.0279. The van der Waals surface area contributed by atoms with E-state index in [1.165, 1.54) is 23.9 Å². The minimum Gasteiger partial charge on any atom is -0.366 e. The van der Waals surface area contributed by atoms with Gasteiger partial charge in [0.25, 0.3) is 11.6 Å². The first-order valence-corrected chi connectivity index (χ1v) is 8.02. The fourth-order valence-electron chi connectivity index (χ4n) is 1.95. The Morgan fingerprint density at radius 2 is 1.79 bits per heavy atom. The van der Waals surface area contributed by atoms with Gasteiger partial charge >= 0.3 is 0 Å². The standard InChI is InChI=1S/C16H15N3O4S/c17-16(21)13-3-1-2-4-14(13)18-15(20)9-10-24-12-7-5-11(6-8-12)19(22)23/h1-8H,9-10H2,(H2,17,21)(H,18,20). The van der Waals surface area contributed by atoms with Gasteiger partial charge in [0.15, 0.2) is 0 Å². The number of benzene rings is 2. The number of nitrogens with zero attached hydrogens (tertiary/aromatic N) is 1. The quantitative estimate of drug-likeness (QED) is 0.455. The normalized spacial score (nSPS) is 10.2. The maximum atomic E-state index is 12.0. The van der Waals surface area contributed by atoms with Crippen molar-refractivity contribution in [3.8, 4) is 0 Å². The number of carbonyl (C=O) groups excluding carboxylic acids is 2. The predicted octanol–water partition coefficient (Wildman–Crippen LogP) is 2.81. The number of primary amides is 1. The first kappa shape index (κ1) is 17.5. The molecular formula is C16H15N3O4S. The van der Waals surface area contributed by atoms with Gasteiger partial charge in [-0.15, -0.1) is 11.8 Å². The van der Waals surface area contributed by atoms with E-state index >= 15 is 0 Å². The van der Waals surface area contributed by atoms with Crippen LogP contribution in [0.2, 0.25) is 0 Å². The number of thioether (sulfide) groups is 1. The van der Waals surface area contributed by atoms with Crippen molar-refractivity contribution in [2.75, 3.05) is 11.1 Å². The Balaban J connectivity index is 1.85. The van der Waals surface area contributed by atoms with E-state index in [0.29, 0.717) is 11.4 Å². The second kappa shape index (κ2) is 8.11. The smallest absolute Gasteiger partial charge is 0.269 e. The SMILES string of the molecule is NC(=O)c1ccccc1NC(=O)CCSc1ccc([N+](=O)[O-])cc1. The van der Waals surface area contributed by atoms with Gasteiger partial charge in [-0.3, -0.25) is 19.7 Å². The largest absolute Gasteiger partial charge is 0.366 e. The Morgan fingerprint density at radius 3 is 2.42 bits per heavy atom. The number of hydrogen-bond acceptors (Lipinski definition) is 5. The molecule has 0 radical (unpaired) electrons. The zero-order valence-electron chi connectivity index (χ0n) is 12.6. The topological polar surface area (TPSA) is 115 Å². The number of nitrogens with two attached hydrogens (primary N) is 1. The number of para-hydroxylation sites is 1. The highest BCUT2D eigenvalue weighted by Gasteiger charge is 2.10. The zero-order valence-corrected chi connectivity index (χ0v) is 13.4. The minimum atomic E-state index is -0.605. The Hall–Kier alpha value is -2.87. The average molecular weight is 345 g/mol. The summed E-state index contributed by atoms with van der Waals surface area (Å²) in [5.41, 5.74) is 5.93. The van der Waals surface area contributed by atoms with Crippen molar-refractivity contribution >= 4 is 35.0 Å². The highest BCUT2D eigenvalue weighted by Crippen LogP contribution is 2.22. The van der Waals surface area contributed by atoms with E-state index in [2.05, 4.69) is 5.32 Å². The number of amides is 2. The van der Waals surface area contributed by atoms with Gasteiger partial charge in [0.2, 0.25) is 5.91 Å². The lowest BCUT2D eigenvalue weighted by molar-refractivity contribution is -0.384. The van der Waals surface area contributed by atoms with E-state index in [0.717, 1.165) is 4.90 Å². The number of carbonyl (C=O) groups is 2. The Labute approximate surface area is 142 Å². The third-order valence-corrected chi connectivity index (χ3v) is 4.13. The lowest BCUT2D eigenvalue weighted by atomic mass is 10.1.